The first kappa shape index (κ1) is 22.5. The Morgan fingerprint density at radius 1 is 1.15 bits per heavy atom. The van der Waals surface area contributed by atoms with Crippen LogP contribution in [0.3, 0.4) is 0 Å². The number of esters is 2. The molecule has 0 bridgehead atoms. The first-order chi connectivity index (χ1) is 16.1. The molecule has 0 N–H and O–H groups in total. The largest absolute Gasteiger partial charge is 0.469 e. The van der Waals surface area contributed by atoms with Crippen LogP contribution in [0.15, 0.2) is 23.3 Å². The number of ketones is 1. The van der Waals surface area contributed by atoms with Gasteiger partial charge in [-0.25, -0.2) is 0 Å². The maximum Gasteiger partial charge on any atom is 0.316 e. The third-order valence-corrected chi connectivity index (χ3v) is 11.0. The van der Waals surface area contributed by atoms with E-state index in [9.17, 15) is 14.4 Å². The molecule has 0 radical (unpaired) electrons. The predicted molar refractivity (Wildman–Crippen MR) is 123 cm³/mol. The van der Waals surface area contributed by atoms with Crippen LogP contribution >= 0.6 is 0 Å². The van der Waals surface area contributed by atoms with Crippen molar-refractivity contribution in [2.75, 3.05) is 7.11 Å². The molecule has 2 aliphatic heterocycles. The Bertz CT molecular complexity index is 1040. The van der Waals surface area contributed by atoms with Gasteiger partial charge in [0.15, 0.2) is 5.78 Å². The molecule has 0 spiro atoms. The summed E-state index contributed by atoms with van der Waals surface area (Å²) in [5.74, 6) is -0.200. The van der Waals surface area contributed by atoms with Gasteiger partial charge in [-0.1, -0.05) is 38.3 Å². The smallest absolute Gasteiger partial charge is 0.316 e. The van der Waals surface area contributed by atoms with Crippen LogP contribution in [-0.4, -0.2) is 43.1 Å². The fourth-order valence-electron chi connectivity index (χ4n) is 9.48. The Morgan fingerprint density at radius 3 is 2.53 bits per heavy atom. The van der Waals surface area contributed by atoms with Gasteiger partial charge >= 0.3 is 11.9 Å². The molecule has 6 rings (SSSR count). The molecule has 9 atom stereocenters. The summed E-state index contributed by atoms with van der Waals surface area (Å²) in [7, 11) is 1.40. The summed E-state index contributed by atoms with van der Waals surface area (Å²) < 4.78 is 18.0. The van der Waals surface area contributed by atoms with E-state index in [1.165, 1.54) is 43.9 Å². The van der Waals surface area contributed by atoms with Crippen LogP contribution in [0.5, 0.6) is 0 Å². The fourth-order valence-corrected chi connectivity index (χ4v) is 9.48. The Hall–Kier alpha value is -1.95. The van der Waals surface area contributed by atoms with Crippen LogP contribution < -0.4 is 0 Å². The van der Waals surface area contributed by atoms with Gasteiger partial charge in [0, 0.05) is 16.7 Å². The number of rotatable bonds is 3. The molecule has 0 aromatic heterocycles. The summed E-state index contributed by atoms with van der Waals surface area (Å²) >= 11 is 0. The van der Waals surface area contributed by atoms with E-state index in [4.69, 9.17) is 14.2 Å². The van der Waals surface area contributed by atoms with E-state index < -0.39 is 22.3 Å². The molecule has 184 valence electrons. The zero-order valence-electron chi connectivity index (χ0n) is 20.9. The van der Waals surface area contributed by atoms with Gasteiger partial charge in [0.1, 0.15) is 12.2 Å². The van der Waals surface area contributed by atoms with Crippen LogP contribution in [-0.2, 0) is 28.6 Å². The summed E-state index contributed by atoms with van der Waals surface area (Å²) in [5.41, 5.74) is 0.217. The maximum atomic E-state index is 13.7. The molecule has 2 saturated carbocycles. The second-order valence-corrected chi connectivity index (χ2v) is 12.3. The molecule has 0 aromatic rings. The van der Waals surface area contributed by atoms with Crippen molar-refractivity contribution in [2.45, 2.75) is 84.5 Å². The van der Waals surface area contributed by atoms with Gasteiger partial charge in [-0.3, -0.25) is 14.4 Å². The normalized spacial score (nSPS) is 49.2. The van der Waals surface area contributed by atoms with Gasteiger partial charge in [0.05, 0.1) is 25.0 Å². The van der Waals surface area contributed by atoms with Crippen LogP contribution in [0.1, 0.15) is 66.2 Å². The van der Waals surface area contributed by atoms with Crippen LogP contribution in [0.2, 0.25) is 0 Å². The highest BCUT2D eigenvalue weighted by Gasteiger charge is 2.77. The van der Waals surface area contributed by atoms with Crippen LogP contribution in [0, 0.1) is 39.9 Å². The lowest BCUT2D eigenvalue weighted by atomic mass is 9.42. The molecule has 6 nitrogen and oxygen atoms in total. The van der Waals surface area contributed by atoms with Crippen molar-refractivity contribution in [1.29, 1.82) is 0 Å². The van der Waals surface area contributed by atoms with E-state index in [1.54, 1.807) is 12.2 Å². The number of hydrogen-bond acceptors (Lipinski definition) is 6. The van der Waals surface area contributed by atoms with Crippen molar-refractivity contribution in [3.8, 4) is 0 Å². The second kappa shape index (κ2) is 7.05. The first-order valence-electron chi connectivity index (χ1n) is 13.0. The third-order valence-electron chi connectivity index (χ3n) is 11.0. The van der Waals surface area contributed by atoms with E-state index in [0.717, 1.165) is 6.42 Å². The van der Waals surface area contributed by atoms with Crippen molar-refractivity contribution in [3.05, 3.63) is 23.3 Å². The Balaban J connectivity index is 1.54. The Morgan fingerprint density at radius 2 is 1.85 bits per heavy atom. The van der Waals surface area contributed by atoms with Crippen molar-refractivity contribution < 1.29 is 28.6 Å². The lowest BCUT2D eigenvalue weighted by Crippen LogP contribution is -2.66. The van der Waals surface area contributed by atoms with E-state index >= 15 is 0 Å². The average Bonchev–Trinajstić information content (AvgIpc) is 3.54. The molecule has 0 aromatic carbocycles. The van der Waals surface area contributed by atoms with Crippen molar-refractivity contribution in [3.63, 3.8) is 0 Å². The minimum atomic E-state index is -0.934. The van der Waals surface area contributed by atoms with E-state index in [-0.39, 0.29) is 48.2 Å². The molecular weight excluding hydrogens is 432 g/mol. The van der Waals surface area contributed by atoms with Crippen molar-refractivity contribution in [2.24, 2.45) is 39.9 Å². The van der Waals surface area contributed by atoms with Gasteiger partial charge in [-0.05, 0) is 62.5 Å². The second-order valence-electron chi connectivity index (χ2n) is 12.3. The van der Waals surface area contributed by atoms with Gasteiger partial charge in [-0.15, -0.1) is 0 Å². The number of carbonyl (C=O) groups is 3. The lowest BCUT2D eigenvalue weighted by molar-refractivity contribution is -0.190. The van der Waals surface area contributed by atoms with E-state index in [0.29, 0.717) is 11.8 Å². The number of ether oxygens (including phenoxy) is 3. The van der Waals surface area contributed by atoms with Crippen molar-refractivity contribution in [1.82, 2.24) is 0 Å². The highest BCUT2D eigenvalue weighted by molar-refractivity contribution is 6.00. The SMILES string of the molecule is COC(=O)C[C@H]1[C@]2(C)C3=C(C)[C@H](C4CCCC4)C[C@H]3O[C@@H]2[C@@H]2OC(=O)[C@]3(C)C=CC(=O)[C@@]1(C)[C@@H]23. The van der Waals surface area contributed by atoms with Crippen molar-refractivity contribution >= 4 is 17.7 Å². The van der Waals surface area contributed by atoms with Gasteiger partial charge in [0.2, 0.25) is 0 Å². The third kappa shape index (κ3) is 2.48. The van der Waals surface area contributed by atoms with E-state index in [1.807, 2.05) is 13.8 Å². The minimum absolute atomic E-state index is 0.0288. The highest BCUT2D eigenvalue weighted by atomic mass is 16.6. The fraction of sp³-hybridized carbons (Fsp3) is 0.750. The minimum Gasteiger partial charge on any atom is -0.469 e. The summed E-state index contributed by atoms with van der Waals surface area (Å²) in [6.07, 6.45) is 8.52. The predicted octanol–water partition coefficient (Wildman–Crippen LogP) is 4.17. The van der Waals surface area contributed by atoms with E-state index in [2.05, 4.69) is 13.8 Å². The number of carbonyl (C=O) groups excluding carboxylic acids is 3. The Kier molecular flexibility index (Phi) is 4.67. The maximum absolute atomic E-state index is 13.7. The quantitative estimate of drug-likeness (QED) is 0.457. The summed E-state index contributed by atoms with van der Waals surface area (Å²) in [6.45, 7) is 8.23. The molecule has 6 heteroatoms. The average molecular weight is 469 g/mol. The zero-order chi connectivity index (χ0) is 24.2. The topological polar surface area (TPSA) is 78.9 Å². The molecule has 0 unspecified atom stereocenters. The molecule has 2 heterocycles. The summed E-state index contributed by atoms with van der Waals surface area (Å²) in [4.78, 5) is 39.7. The molecule has 4 aliphatic carbocycles. The standard InChI is InChI=1S/C28H36O6/c1-14-16(15-8-6-7-9-15)12-17-21(14)28(4)18(13-20(30)32-5)27(3)19(29)10-11-26(2)23(27)22(24(28)33-17)34-25(26)31/h10-11,15-18,22-24H,6-9,12-13H2,1-5H3/t16-,17-,18-,22-,23+,24-,26-,27+,28-/m1/s1. The van der Waals surface area contributed by atoms with Gasteiger partial charge in [-0.2, -0.15) is 0 Å². The van der Waals surface area contributed by atoms with Gasteiger partial charge < -0.3 is 14.2 Å². The number of fused-ring (bicyclic) bond motifs is 4. The molecule has 4 fully saturated rings. The number of allylic oxidation sites excluding steroid dienone is 2. The first-order valence-corrected chi connectivity index (χ1v) is 13.0. The molecule has 0 amide bonds. The Labute approximate surface area is 201 Å². The monoisotopic (exact) mass is 468 g/mol. The zero-order valence-corrected chi connectivity index (χ0v) is 20.9. The summed E-state index contributed by atoms with van der Waals surface area (Å²) in [5, 5.41) is 0. The van der Waals surface area contributed by atoms with Gasteiger partial charge in [0.25, 0.3) is 0 Å². The molecule has 2 saturated heterocycles. The molecule has 34 heavy (non-hydrogen) atoms. The summed E-state index contributed by atoms with van der Waals surface area (Å²) in [6, 6.07) is 0. The molecular formula is C28H36O6. The number of methoxy groups -OCH3 is 1. The van der Waals surface area contributed by atoms with Crippen LogP contribution in [0.4, 0.5) is 0 Å². The lowest BCUT2D eigenvalue weighted by Gasteiger charge is -2.59. The highest BCUT2D eigenvalue weighted by Crippen LogP contribution is 2.72. The van der Waals surface area contributed by atoms with Crippen LogP contribution in [0.25, 0.3) is 0 Å². The number of hydrogen-bond donors (Lipinski definition) is 0. The molecule has 6 aliphatic rings.